The van der Waals surface area contributed by atoms with Gasteiger partial charge in [0.05, 0.1) is 11.6 Å². The molecule has 114 valence electrons. The van der Waals surface area contributed by atoms with Crippen molar-refractivity contribution in [2.45, 2.75) is 13.1 Å². The number of benzene rings is 1. The monoisotopic (exact) mass is 307 g/mol. The van der Waals surface area contributed by atoms with Crippen molar-refractivity contribution in [2.24, 2.45) is 0 Å². The van der Waals surface area contributed by atoms with Crippen LogP contribution in [0.15, 0.2) is 24.3 Å². The minimum atomic E-state index is -0.108. The van der Waals surface area contributed by atoms with Crippen LogP contribution in [0.5, 0.6) is 0 Å². The van der Waals surface area contributed by atoms with E-state index in [-0.39, 0.29) is 18.4 Å². The minimum Gasteiger partial charge on any atom is -0.350 e. The Kier molecular flexibility index (Phi) is 5.64. The number of hydrogen-bond acceptors (Lipinski definition) is 4. The molecule has 5 nitrogen and oxygen atoms in total. The number of carbonyl (C=O) groups excluding carboxylic acids is 2. The van der Waals surface area contributed by atoms with E-state index in [0.29, 0.717) is 18.2 Å². The van der Waals surface area contributed by atoms with Gasteiger partial charge in [-0.1, -0.05) is 24.3 Å². The second-order valence-corrected chi connectivity index (χ2v) is 6.36. The predicted octanol–water partition coefficient (Wildman–Crippen LogP) is 0.897. The molecule has 1 heterocycles. The first-order chi connectivity index (χ1) is 10.0. The molecule has 0 radical (unpaired) electrons. The second kappa shape index (κ2) is 7.47. The summed E-state index contributed by atoms with van der Waals surface area (Å²) in [6.45, 7) is 1.56. The Labute approximate surface area is 129 Å². The maximum absolute atomic E-state index is 11.8. The Balaban J connectivity index is 1.77. The molecule has 0 bridgehead atoms. The highest BCUT2D eigenvalue weighted by Crippen LogP contribution is 2.14. The molecule has 1 aliphatic rings. The van der Waals surface area contributed by atoms with E-state index in [4.69, 9.17) is 0 Å². The SMILES string of the molecule is CN(C)Cc1ccc(CNC(=O)CN2CSCC2=O)cc1. The Morgan fingerprint density at radius 2 is 1.95 bits per heavy atom. The van der Waals surface area contributed by atoms with Crippen LogP contribution in [0.4, 0.5) is 0 Å². The predicted molar refractivity (Wildman–Crippen MR) is 84.7 cm³/mol. The zero-order valence-electron chi connectivity index (χ0n) is 12.5. The summed E-state index contributed by atoms with van der Waals surface area (Å²) in [5.41, 5.74) is 2.31. The van der Waals surface area contributed by atoms with Crippen LogP contribution in [0.3, 0.4) is 0 Å². The standard InChI is InChI=1S/C15H21N3O2S/c1-17(2)8-13-5-3-12(4-6-13)7-16-14(19)9-18-11-21-10-15(18)20/h3-6H,7-11H2,1-2H3,(H,16,19). The van der Waals surface area contributed by atoms with Crippen molar-refractivity contribution in [2.75, 3.05) is 32.3 Å². The Morgan fingerprint density at radius 1 is 1.29 bits per heavy atom. The first kappa shape index (κ1) is 15.9. The highest BCUT2D eigenvalue weighted by Gasteiger charge is 2.22. The molecule has 1 aromatic rings. The maximum Gasteiger partial charge on any atom is 0.239 e. The summed E-state index contributed by atoms with van der Waals surface area (Å²) in [5.74, 6) is 1.04. The summed E-state index contributed by atoms with van der Waals surface area (Å²) in [6, 6.07) is 8.19. The lowest BCUT2D eigenvalue weighted by Crippen LogP contribution is -2.37. The summed E-state index contributed by atoms with van der Waals surface area (Å²) in [7, 11) is 4.07. The number of rotatable bonds is 6. The van der Waals surface area contributed by atoms with Gasteiger partial charge in [-0.05, 0) is 25.2 Å². The van der Waals surface area contributed by atoms with Crippen LogP contribution in [0.2, 0.25) is 0 Å². The van der Waals surface area contributed by atoms with Gasteiger partial charge in [-0.3, -0.25) is 9.59 Å². The molecule has 1 N–H and O–H groups in total. The molecule has 1 fully saturated rings. The van der Waals surface area contributed by atoms with Crippen molar-refractivity contribution < 1.29 is 9.59 Å². The molecule has 2 rings (SSSR count). The normalized spacial score (nSPS) is 14.8. The van der Waals surface area contributed by atoms with Crippen molar-refractivity contribution in [3.8, 4) is 0 Å². The van der Waals surface area contributed by atoms with Gasteiger partial charge in [0, 0.05) is 13.1 Å². The Bertz CT molecular complexity index is 502. The van der Waals surface area contributed by atoms with Crippen LogP contribution in [-0.4, -0.2) is 53.9 Å². The highest BCUT2D eigenvalue weighted by molar-refractivity contribution is 8.00. The molecule has 2 amide bonds. The molecule has 0 aliphatic carbocycles. The van der Waals surface area contributed by atoms with E-state index in [1.807, 2.05) is 26.2 Å². The van der Waals surface area contributed by atoms with Gasteiger partial charge in [0.1, 0.15) is 6.54 Å². The van der Waals surface area contributed by atoms with Crippen molar-refractivity contribution in [3.63, 3.8) is 0 Å². The maximum atomic E-state index is 11.8. The zero-order chi connectivity index (χ0) is 15.2. The third-order valence-corrected chi connectivity index (χ3v) is 4.12. The summed E-state index contributed by atoms with van der Waals surface area (Å²) in [6.07, 6.45) is 0. The Hall–Kier alpha value is -1.53. The van der Waals surface area contributed by atoms with Crippen LogP contribution >= 0.6 is 11.8 Å². The van der Waals surface area contributed by atoms with Gasteiger partial charge in [-0.15, -0.1) is 11.8 Å². The second-order valence-electron chi connectivity index (χ2n) is 5.40. The Morgan fingerprint density at radius 3 is 2.52 bits per heavy atom. The molecule has 0 saturated carbocycles. The molecule has 0 unspecified atom stereocenters. The molecule has 1 aromatic carbocycles. The molecule has 21 heavy (non-hydrogen) atoms. The van der Waals surface area contributed by atoms with E-state index in [0.717, 1.165) is 12.1 Å². The molecule has 0 aromatic heterocycles. The van der Waals surface area contributed by atoms with Crippen LogP contribution in [-0.2, 0) is 22.7 Å². The topological polar surface area (TPSA) is 52.7 Å². The van der Waals surface area contributed by atoms with Gasteiger partial charge < -0.3 is 15.1 Å². The fourth-order valence-electron chi connectivity index (χ4n) is 2.10. The van der Waals surface area contributed by atoms with Gasteiger partial charge >= 0.3 is 0 Å². The van der Waals surface area contributed by atoms with Crippen molar-refractivity contribution >= 4 is 23.6 Å². The van der Waals surface area contributed by atoms with E-state index >= 15 is 0 Å². The highest BCUT2D eigenvalue weighted by atomic mass is 32.2. The third kappa shape index (κ3) is 5.06. The molecule has 1 aliphatic heterocycles. The summed E-state index contributed by atoms with van der Waals surface area (Å²) < 4.78 is 0. The summed E-state index contributed by atoms with van der Waals surface area (Å²) >= 11 is 1.55. The van der Waals surface area contributed by atoms with Crippen LogP contribution in [0.1, 0.15) is 11.1 Å². The largest absolute Gasteiger partial charge is 0.350 e. The average Bonchev–Trinajstić information content (AvgIpc) is 2.83. The van der Waals surface area contributed by atoms with E-state index in [1.165, 1.54) is 5.56 Å². The zero-order valence-corrected chi connectivity index (χ0v) is 13.3. The summed E-state index contributed by atoms with van der Waals surface area (Å²) in [5, 5.41) is 2.85. The summed E-state index contributed by atoms with van der Waals surface area (Å²) in [4.78, 5) is 26.9. The quantitative estimate of drug-likeness (QED) is 0.848. The first-order valence-electron chi connectivity index (χ1n) is 6.89. The molecular weight excluding hydrogens is 286 g/mol. The minimum absolute atomic E-state index is 0.0446. The number of thioether (sulfide) groups is 1. The fraction of sp³-hybridized carbons (Fsp3) is 0.467. The van der Waals surface area contributed by atoms with Gasteiger partial charge in [0.15, 0.2) is 0 Å². The third-order valence-electron chi connectivity index (χ3n) is 3.17. The first-order valence-corrected chi connectivity index (χ1v) is 8.05. The van der Waals surface area contributed by atoms with E-state index < -0.39 is 0 Å². The fourth-order valence-corrected chi connectivity index (χ4v) is 3.00. The average molecular weight is 307 g/mol. The van der Waals surface area contributed by atoms with Gasteiger partial charge in [0.2, 0.25) is 11.8 Å². The van der Waals surface area contributed by atoms with Gasteiger partial charge in [-0.2, -0.15) is 0 Å². The molecule has 6 heteroatoms. The number of carbonyl (C=O) groups is 2. The van der Waals surface area contributed by atoms with E-state index in [9.17, 15) is 9.59 Å². The van der Waals surface area contributed by atoms with Gasteiger partial charge in [0.25, 0.3) is 0 Å². The molecule has 0 spiro atoms. The number of nitrogens with one attached hydrogen (secondary N) is 1. The van der Waals surface area contributed by atoms with E-state index in [2.05, 4.69) is 22.3 Å². The van der Waals surface area contributed by atoms with Gasteiger partial charge in [-0.25, -0.2) is 0 Å². The van der Waals surface area contributed by atoms with Crippen molar-refractivity contribution in [3.05, 3.63) is 35.4 Å². The van der Waals surface area contributed by atoms with Crippen LogP contribution in [0.25, 0.3) is 0 Å². The lowest BCUT2D eigenvalue weighted by atomic mass is 10.1. The number of nitrogens with zero attached hydrogens (tertiary/aromatic N) is 2. The van der Waals surface area contributed by atoms with Crippen molar-refractivity contribution in [1.29, 1.82) is 0 Å². The lowest BCUT2D eigenvalue weighted by molar-refractivity contribution is -0.132. The lowest BCUT2D eigenvalue weighted by Gasteiger charge is -2.14. The molecular formula is C15H21N3O2S. The number of amides is 2. The van der Waals surface area contributed by atoms with Crippen LogP contribution in [0, 0.1) is 0 Å². The number of hydrogen-bond donors (Lipinski definition) is 1. The molecule has 0 atom stereocenters. The van der Waals surface area contributed by atoms with Crippen LogP contribution < -0.4 is 5.32 Å². The van der Waals surface area contributed by atoms with E-state index in [1.54, 1.807) is 16.7 Å². The smallest absolute Gasteiger partial charge is 0.239 e. The molecule has 1 saturated heterocycles. The van der Waals surface area contributed by atoms with Crippen molar-refractivity contribution in [1.82, 2.24) is 15.1 Å².